The number of ether oxygens (including phenoxy) is 1. The van der Waals surface area contributed by atoms with Crippen molar-refractivity contribution in [2.45, 2.75) is 31.2 Å². The average Bonchev–Trinajstić information content (AvgIpc) is 2.68. The predicted octanol–water partition coefficient (Wildman–Crippen LogP) is 4.86. The van der Waals surface area contributed by atoms with E-state index in [9.17, 15) is 14.9 Å². The van der Waals surface area contributed by atoms with Crippen LogP contribution in [0.1, 0.15) is 36.3 Å². The molecule has 0 bridgehead atoms. The molecule has 3 rings (SSSR count). The summed E-state index contributed by atoms with van der Waals surface area (Å²) in [5.74, 6) is -1.45. The molecule has 0 saturated carbocycles. The summed E-state index contributed by atoms with van der Waals surface area (Å²) in [5.41, 5.74) is 2.01. The fourth-order valence-corrected chi connectivity index (χ4v) is 3.97. The van der Waals surface area contributed by atoms with Crippen LogP contribution in [-0.2, 0) is 9.53 Å². The molecular formula is C21H20BrNO4. The second-order valence-corrected chi connectivity index (χ2v) is 7.35. The molecular weight excluding hydrogens is 410 g/mol. The highest BCUT2D eigenvalue weighted by atomic mass is 79.9. The Bertz CT molecular complexity index is 848. The van der Waals surface area contributed by atoms with Gasteiger partial charge in [-0.25, -0.2) is 4.79 Å². The first-order chi connectivity index (χ1) is 13.0. The summed E-state index contributed by atoms with van der Waals surface area (Å²) < 4.78 is 6.10. The van der Waals surface area contributed by atoms with E-state index in [0.29, 0.717) is 12.0 Å². The number of esters is 1. The number of nitrogens with zero attached hydrogens (tertiary/aromatic N) is 1. The van der Waals surface area contributed by atoms with Gasteiger partial charge in [-0.2, -0.15) is 0 Å². The smallest absolute Gasteiger partial charge is 0.334 e. The molecule has 0 amide bonds. The highest BCUT2D eigenvalue weighted by Gasteiger charge is 2.47. The molecule has 0 spiro atoms. The number of carbonyl (C=O) groups excluding carboxylic acids is 1. The summed E-state index contributed by atoms with van der Waals surface area (Å²) in [7, 11) is 0. The third-order valence-electron chi connectivity index (χ3n) is 4.89. The fraction of sp³-hybridized carbons (Fsp3) is 0.286. The standard InChI is InChI=1S/C21H20BrNO4/c1-2-27-21(24)18-13-12-17(14-8-10-16(22)11-9-14)20(23(25)26)19(18)15-6-4-3-5-7-15/h3-11,13,17,19-20H,2,12H2,1H3/t17-,19-,20-/m0/s1. The average molecular weight is 430 g/mol. The Labute approximate surface area is 166 Å². The van der Waals surface area contributed by atoms with Gasteiger partial charge in [0.2, 0.25) is 6.04 Å². The number of nitro groups is 1. The summed E-state index contributed by atoms with van der Waals surface area (Å²) in [4.78, 5) is 24.4. The maximum atomic E-state index is 12.5. The zero-order valence-electron chi connectivity index (χ0n) is 14.9. The first-order valence-electron chi connectivity index (χ1n) is 8.84. The van der Waals surface area contributed by atoms with Gasteiger partial charge in [-0.3, -0.25) is 10.1 Å². The van der Waals surface area contributed by atoms with Crippen molar-refractivity contribution in [3.05, 3.63) is 92.0 Å². The Morgan fingerprint density at radius 1 is 1.15 bits per heavy atom. The lowest BCUT2D eigenvalue weighted by molar-refractivity contribution is -0.530. The molecule has 1 aliphatic carbocycles. The Hall–Kier alpha value is -2.47. The van der Waals surface area contributed by atoms with Crippen LogP contribution < -0.4 is 0 Å². The summed E-state index contributed by atoms with van der Waals surface area (Å²) >= 11 is 3.40. The fourth-order valence-electron chi connectivity index (χ4n) is 3.71. The second kappa shape index (κ2) is 8.48. The summed E-state index contributed by atoms with van der Waals surface area (Å²) in [6.07, 6.45) is 2.23. The van der Waals surface area contributed by atoms with E-state index in [4.69, 9.17) is 4.74 Å². The first-order valence-corrected chi connectivity index (χ1v) is 9.63. The number of halogens is 1. The molecule has 5 nitrogen and oxygen atoms in total. The number of allylic oxidation sites excluding steroid dienone is 1. The Kier molecular flexibility index (Phi) is 6.06. The van der Waals surface area contributed by atoms with Crippen molar-refractivity contribution in [3.63, 3.8) is 0 Å². The van der Waals surface area contributed by atoms with E-state index in [1.165, 1.54) is 0 Å². The maximum absolute atomic E-state index is 12.5. The molecule has 140 valence electrons. The number of rotatable bonds is 5. The van der Waals surface area contributed by atoms with Crippen LogP contribution in [0.25, 0.3) is 0 Å². The third kappa shape index (κ3) is 4.11. The van der Waals surface area contributed by atoms with Crippen molar-refractivity contribution >= 4 is 21.9 Å². The van der Waals surface area contributed by atoms with Gasteiger partial charge in [0.1, 0.15) is 0 Å². The van der Waals surface area contributed by atoms with Gasteiger partial charge in [0.25, 0.3) is 0 Å². The minimum atomic E-state index is -0.946. The summed E-state index contributed by atoms with van der Waals surface area (Å²) in [5, 5.41) is 12.1. The van der Waals surface area contributed by atoms with Gasteiger partial charge in [0.05, 0.1) is 18.4 Å². The second-order valence-electron chi connectivity index (χ2n) is 6.44. The topological polar surface area (TPSA) is 69.4 Å². The molecule has 0 radical (unpaired) electrons. The molecule has 0 aromatic heterocycles. The molecule has 2 aromatic rings. The number of carbonyl (C=O) groups is 1. The van der Waals surface area contributed by atoms with Crippen molar-refractivity contribution in [1.29, 1.82) is 0 Å². The van der Waals surface area contributed by atoms with Crippen molar-refractivity contribution in [2.24, 2.45) is 0 Å². The van der Waals surface area contributed by atoms with Gasteiger partial charge in [-0.1, -0.05) is 64.5 Å². The van der Waals surface area contributed by atoms with Gasteiger partial charge in [-0.15, -0.1) is 0 Å². The van der Waals surface area contributed by atoms with Crippen LogP contribution in [-0.4, -0.2) is 23.5 Å². The predicted molar refractivity (Wildman–Crippen MR) is 106 cm³/mol. The summed E-state index contributed by atoms with van der Waals surface area (Å²) in [6, 6.07) is 15.8. The van der Waals surface area contributed by atoms with E-state index in [0.717, 1.165) is 15.6 Å². The molecule has 0 fully saturated rings. The first kappa shape index (κ1) is 19.3. The van der Waals surface area contributed by atoms with Crippen molar-refractivity contribution < 1.29 is 14.5 Å². The molecule has 2 aromatic carbocycles. The van der Waals surface area contributed by atoms with Crippen LogP contribution >= 0.6 is 15.9 Å². The van der Waals surface area contributed by atoms with Gasteiger partial charge in [-0.05, 0) is 36.6 Å². The lowest BCUT2D eigenvalue weighted by Crippen LogP contribution is -2.39. The lowest BCUT2D eigenvalue weighted by atomic mass is 9.71. The van der Waals surface area contributed by atoms with Gasteiger partial charge < -0.3 is 4.74 Å². The third-order valence-corrected chi connectivity index (χ3v) is 5.42. The molecule has 0 unspecified atom stereocenters. The van der Waals surface area contributed by atoms with Crippen LogP contribution in [0, 0.1) is 10.1 Å². The number of hydrogen-bond acceptors (Lipinski definition) is 4. The molecule has 27 heavy (non-hydrogen) atoms. The highest BCUT2D eigenvalue weighted by Crippen LogP contribution is 2.43. The van der Waals surface area contributed by atoms with Crippen LogP contribution in [0.4, 0.5) is 0 Å². The molecule has 3 atom stereocenters. The van der Waals surface area contributed by atoms with Gasteiger partial charge in [0, 0.05) is 15.0 Å². The monoisotopic (exact) mass is 429 g/mol. The number of benzene rings is 2. The minimum Gasteiger partial charge on any atom is -0.463 e. The molecule has 0 saturated heterocycles. The molecule has 0 N–H and O–H groups in total. The van der Waals surface area contributed by atoms with Crippen molar-refractivity contribution in [2.75, 3.05) is 6.61 Å². The normalized spacial score (nSPS) is 22.0. The van der Waals surface area contributed by atoms with Crippen LogP contribution in [0.5, 0.6) is 0 Å². The quantitative estimate of drug-likeness (QED) is 0.386. The zero-order valence-corrected chi connectivity index (χ0v) is 16.5. The van der Waals surface area contributed by atoms with Crippen LogP contribution in [0.3, 0.4) is 0 Å². The van der Waals surface area contributed by atoms with E-state index >= 15 is 0 Å². The van der Waals surface area contributed by atoms with E-state index in [-0.39, 0.29) is 17.4 Å². The zero-order chi connectivity index (χ0) is 19.4. The lowest BCUT2D eigenvalue weighted by Gasteiger charge is -2.32. The van der Waals surface area contributed by atoms with E-state index in [2.05, 4.69) is 15.9 Å². The minimum absolute atomic E-state index is 0.233. The molecule has 1 aliphatic rings. The molecule has 6 heteroatoms. The van der Waals surface area contributed by atoms with Crippen molar-refractivity contribution in [3.8, 4) is 0 Å². The SMILES string of the molecule is CCOC(=O)C1=CC[C@@H](c2ccc(Br)cc2)[C@H]([N+](=O)[O-])[C@H]1c1ccccc1. The summed E-state index contributed by atoms with van der Waals surface area (Å²) in [6.45, 7) is 1.96. The van der Waals surface area contributed by atoms with Gasteiger partial charge >= 0.3 is 5.97 Å². The largest absolute Gasteiger partial charge is 0.463 e. The Balaban J connectivity index is 2.10. The van der Waals surface area contributed by atoms with E-state index < -0.39 is 17.9 Å². The molecule has 0 aliphatic heterocycles. The van der Waals surface area contributed by atoms with Crippen LogP contribution in [0.15, 0.2) is 70.7 Å². The van der Waals surface area contributed by atoms with E-state index in [1.54, 1.807) is 6.92 Å². The highest BCUT2D eigenvalue weighted by molar-refractivity contribution is 9.10. The number of hydrogen-bond donors (Lipinski definition) is 0. The maximum Gasteiger partial charge on any atom is 0.334 e. The Morgan fingerprint density at radius 2 is 1.81 bits per heavy atom. The van der Waals surface area contributed by atoms with Crippen LogP contribution in [0.2, 0.25) is 0 Å². The molecule has 0 heterocycles. The van der Waals surface area contributed by atoms with E-state index in [1.807, 2.05) is 60.7 Å². The van der Waals surface area contributed by atoms with Crippen molar-refractivity contribution in [1.82, 2.24) is 0 Å². The Morgan fingerprint density at radius 3 is 2.41 bits per heavy atom. The van der Waals surface area contributed by atoms with Gasteiger partial charge in [0.15, 0.2) is 0 Å².